The first kappa shape index (κ1) is 28.1. The first-order valence-electron chi connectivity index (χ1n) is 9.61. The average molecular weight is 491 g/mol. The van der Waals surface area contributed by atoms with E-state index in [2.05, 4.69) is 10.1 Å². The Kier molecular flexibility index (Phi) is 10.0. The van der Waals surface area contributed by atoms with Gasteiger partial charge < -0.3 is 19.7 Å². The van der Waals surface area contributed by atoms with Crippen molar-refractivity contribution in [2.45, 2.75) is 45.4 Å². The quantitative estimate of drug-likeness (QED) is 0.568. The first-order valence-corrected chi connectivity index (χ1v) is 9.61. The minimum Gasteiger partial charge on any atom is -0.444 e. The number of rotatable bonds is 7. The van der Waals surface area contributed by atoms with E-state index in [1.165, 1.54) is 36.2 Å². The van der Waals surface area contributed by atoms with E-state index in [9.17, 15) is 27.2 Å². The number of hydrogen-bond donors (Lipinski definition) is 1. The van der Waals surface area contributed by atoms with Crippen molar-refractivity contribution in [1.82, 2.24) is 5.32 Å². The lowest BCUT2D eigenvalue weighted by Gasteiger charge is -2.27. The lowest BCUT2D eigenvalue weighted by atomic mass is 10.0. The van der Waals surface area contributed by atoms with Crippen LogP contribution in [0.5, 0.6) is 5.75 Å². The predicted molar refractivity (Wildman–Crippen MR) is 120 cm³/mol. The third-order valence-electron chi connectivity index (χ3n) is 4.13. The number of likely N-dealkylation sites (N-methyl/N-ethyl adjacent to an activating group) is 1. The van der Waals surface area contributed by atoms with Crippen LogP contribution in [0.2, 0.25) is 0 Å². The molecule has 2 rings (SSSR count). The predicted octanol–water partition coefficient (Wildman–Crippen LogP) is 4.78. The van der Waals surface area contributed by atoms with Gasteiger partial charge in [-0.1, -0.05) is 0 Å². The molecule has 0 bridgehead atoms. The van der Waals surface area contributed by atoms with Crippen LogP contribution in [0.25, 0.3) is 0 Å². The van der Waals surface area contributed by atoms with Gasteiger partial charge in [0.1, 0.15) is 29.0 Å². The number of alkyl carbamates (subject to hydrolysis) is 1. The van der Waals surface area contributed by atoms with Gasteiger partial charge in [-0.2, -0.15) is 22.3 Å². The van der Waals surface area contributed by atoms with Gasteiger partial charge in [-0.3, -0.25) is 4.79 Å². The number of halogens is 4. The highest BCUT2D eigenvalue weighted by molar-refractivity contribution is 7.59. The lowest BCUT2D eigenvalue weighted by Crippen LogP contribution is -2.50. The number of hydrogen-bond acceptors (Lipinski definition) is 4. The van der Waals surface area contributed by atoms with Crippen molar-refractivity contribution in [3.05, 3.63) is 59.7 Å². The lowest BCUT2D eigenvalue weighted by molar-refractivity contribution is -0.120. The van der Waals surface area contributed by atoms with Crippen LogP contribution in [0.1, 0.15) is 26.3 Å². The molecule has 0 aliphatic rings. The van der Waals surface area contributed by atoms with Gasteiger partial charge in [0.25, 0.3) is 0 Å². The molecule has 0 aliphatic heterocycles. The molecular formula is C22H26F4N2O4S. The van der Waals surface area contributed by atoms with Crippen molar-refractivity contribution in [2.24, 2.45) is 0 Å². The van der Waals surface area contributed by atoms with Crippen LogP contribution in [0.4, 0.5) is 28.0 Å². The second kappa shape index (κ2) is 11.8. The second-order valence-corrected chi connectivity index (χ2v) is 7.95. The second-order valence-electron chi connectivity index (χ2n) is 7.95. The van der Waals surface area contributed by atoms with E-state index in [0.717, 1.165) is 12.1 Å². The van der Waals surface area contributed by atoms with Gasteiger partial charge in [0.2, 0.25) is 5.91 Å². The normalized spacial score (nSPS) is 11.9. The van der Waals surface area contributed by atoms with Gasteiger partial charge in [0.15, 0.2) is 0 Å². The zero-order chi connectivity index (χ0) is 24.1. The topological polar surface area (TPSA) is 67.9 Å². The summed E-state index contributed by atoms with van der Waals surface area (Å²) >= 11 is 0. The number of carbonyl (C=O) groups excluding carboxylic acids is 2. The molecule has 2 amide bonds. The Morgan fingerprint density at radius 2 is 1.58 bits per heavy atom. The van der Waals surface area contributed by atoms with Gasteiger partial charge in [-0.25, -0.2) is 13.6 Å². The summed E-state index contributed by atoms with van der Waals surface area (Å²) in [6.07, 6.45) is -1.11. The minimum atomic E-state index is -2.99. The zero-order valence-electron chi connectivity index (χ0n) is 18.5. The summed E-state index contributed by atoms with van der Waals surface area (Å²) in [5.41, 5.74) is -0.376. The average Bonchev–Trinajstić information content (AvgIpc) is 2.64. The molecule has 6 nitrogen and oxygen atoms in total. The Hall–Kier alpha value is -2.95. The number of carbonyl (C=O) groups is 2. The highest BCUT2D eigenvalue weighted by atomic mass is 32.1. The van der Waals surface area contributed by atoms with E-state index in [4.69, 9.17) is 4.74 Å². The maximum atomic E-state index is 13.6. The highest BCUT2D eigenvalue weighted by Gasteiger charge is 2.28. The largest absolute Gasteiger partial charge is 0.444 e. The van der Waals surface area contributed by atoms with Crippen LogP contribution in [0, 0.1) is 11.6 Å². The maximum absolute atomic E-state index is 13.6. The van der Waals surface area contributed by atoms with E-state index in [0.29, 0.717) is 11.8 Å². The van der Waals surface area contributed by atoms with E-state index in [1.54, 1.807) is 20.8 Å². The van der Waals surface area contributed by atoms with Crippen LogP contribution in [0.15, 0.2) is 42.5 Å². The summed E-state index contributed by atoms with van der Waals surface area (Å²) in [6.45, 7) is 1.93. The summed E-state index contributed by atoms with van der Waals surface area (Å²) in [6, 6.07) is 6.83. The van der Waals surface area contributed by atoms with Crippen LogP contribution in [0.3, 0.4) is 0 Å². The smallest absolute Gasteiger partial charge is 0.408 e. The third-order valence-corrected chi connectivity index (χ3v) is 4.13. The number of amides is 2. The Bertz CT molecular complexity index is 932. The molecule has 182 valence electrons. The molecule has 2 aromatic rings. The van der Waals surface area contributed by atoms with Gasteiger partial charge in [0.05, 0.1) is 0 Å². The van der Waals surface area contributed by atoms with Crippen molar-refractivity contribution in [2.75, 3.05) is 11.9 Å². The molecule has 0 spiro atoms. The molecule has 33 heavy (non-hydrogen) atoms. The fourth-order valence-electron chi connectivity index (χ4n) is 2.83. The van der Waals surface area contributed by atoms with Gasteiger partial charge in [0, 0.05) is 25.2 Å². The maximum Gasteiger partial charge on any atom is 0.408 e. The summed E-state index contributed by atoms with van der Waals surface area (Å²) in [4.78, 5) is 26.5. The Labute approximate surface area is 196 Å². The summed E-state index contributed by atoms with van der Waals surface area (Å²) in [5, 5.41) is 2.43. The third kappa shape index (κ3) is 9.21. The zero-order valence-corrected chi connectivity index (χ0v) is 19.5. The monoisotopic (exact) mass is 490 g/mol. The van der Waals surface area contributed by atoms with Crippen LogP contribution >= 0.6 is 13.5 Å². The Morgan fingerprint density at radius 3 is 2.06 bits per heavy atom. The van der Waals surface area contributed by atoms with Crippen molar-refractivity contribution < 1.29 is 36.6 Å². The number of anilines is 1. The fraction of sp³-hybridized carbons (Fsp3) is 0.364. The summed E-state index contributed by atoms with van der Waals surface area (Å²) in [5.74, 6) is -2.37. The molecular weight excluding hydrogens is 464 g/mol. The van der Waals surface area contributed by atoms with Crippen LogP contribution < -0.4 is 15.0 Å². The summed E-state index contributed by atoms with van der Waals surface area (Å²) < 4.78 is 61.3. The fourth-order valence-corrected chi connectivity index (χ4v) is 2.83. The van der Waals surface area contributed by atoms with Gasteiger partial charge in [-0.05, 0) is 62.7 Å². The van der Waals surface area contributed by atoms with Crippen molar-refractivity contribution >= 4 is 31.2 Å². The molecule has 0 fully saturated rings. The van der Waals surface area contributed by atoms with Crippen LogP contribution in [-0.2, 0) is 16.0 Å². The Morgan fingerprint density at radius 1 is 1.03 bits per heavy atom. The molecule has 0 aliphatic carbocycles. The van der Waals surface area contributed by atoms with Gasteiger partial charge >= 0.3 is 12.7 Å². The molecule has 1 atom stereocenters. The van der Waals surface area contributed by atoms with Crippen molar-refractivity contribution in [3.63, 3.8) is 0 Å². The minimum absolute atomic E-state index is 0. The van der Waals surface area contributed by atoms with Crippen LogP contribution in [-0.4, -0.2) is 37.3 Å². The molecule has 0 radical (unpaired) electrons. The molecule has 0 aromatic heterocycles. The molecule has 0 unspecified atom stereocenters. The van der Waals surface area contributed by atoms with Crippen molar-refractivity contribution in [1.29, 1.82) is 0 Å². The van der Waals surface area contributed by atoms with E-state index in [-0.39, 0.29) is 31.2 Å². The molecule has 1 N–H and O–H groups in total. The molecule has 11 heteroatoms. The Balaban J connectivity index is 0.00000544. The van der Waals surface area contributed by atoms with E-state index in [1.807, 2.05) is 0 Å². The number of nitrogens with zero attached hydrogens (tertiary/aromatic N) is 1. The van der Waals surface area contributed by atoms with E-state index < -0.39 is 41.9 Å². The van der Waals surface area contributed by atoms with E-state index >= 15 is 0 Å². The van der Waals surface area contributed by atoms with Gasteiger partial charge in [-0.15, -0.1) is 0 Å². The summed E-state index contributed by atoms with van der Waals surface area (Å²) in [7, 11) is 1.40. The number of nitrogens with one attached hydrogen (secondary N) is 1. The standard InChI is InChI=1S/C22H24F4N2O4.H2S/c1-22(2,3)32-21(30)27-18(11-13-9-14(23)12-15(24)10-13)19(29)28(4)16-5-7-17(8-6-16)31-20(25)26;/h5-10,12,18,20H,11H2,1-4H3,(H,27,30);1H2/t18-;/m0./s1. The molecule has 0 saturated heterocycles. The molecule has 2 aromatic carbocycles. The first-order chi connectivity index (χ1) is 14.8. The molecule has 0 saturated carbocycles. The number of alkyl halides is 2. The SMILES string of the molecule is CN(C(=O)[C@H](Cc1cc(F)cc(F)c1)NC(=O)OC(C)(C)C)c1ccc(OC(F)F)cc1.S. The number of ether oxygens (including phenoxy) is 2. The highest BCUT2D eigenvalue weighted by Crippen LogP contribution is 2.21. The molecule has 0 heterocycles. The number of benzene rings is 2. The van der Waals surface area contributed by atoms with Crippen molar-refractivity contribution in [3.8, 4) is 5.75 Å².